The summed E-state index contributed by atoms with van der Waals surface area (Å²) in [6.45, 7) is 0. The molecular weight excluding hydrogens is 773 g/mol. The topological polar surface area (TPSA) is 8.17 Å². The van der Waals surface area contributed by atoms with Crippen molar-refractivity contribution in [3.63, 3.8) is 0 Å². The van der Waals surface area contributed by atoms with Crippen molar-refractivity contribution >= 4 is 60.4 Å². The van der Waals surface area contributed by atoms with Crippen molar-refractivity contribution in [1.82, 2.24) is 4.57 Å². The smallest absolute Gasteiger partial charge is 0.0547 e. The minimum absolute atomic E-state index is 1.07. The number of benzene rings is 11. The largest absolute Gasteiger partial charge is 0.310 e. The van der Waals surface area contributed by atoms with Crippen LogP contribution in [0.25, 0.3) is 93.5 Å². The van der Waals surface area contributed by atoms with Crippen LogP contribution in [0.4, 0.5) is 17.1 Å². The average molecular weight is 815 g/mol. The Balaban J connectivity index is 1.09. The van der Waals surface area contributed by atoms with E-state index < -0.39 is 0 Å². The zero-order chi connectivity index (χ0) is 42.4. The summed E-state index contributed by atoms with van der Waals surface area (Å²) in [5.41, 5.74) is 16.1. The number of rotatable bonds is 8. The van der Waals surface area contributed by atoms with E-state index in [1.165, 1.54) is 71.2 Å². The van der Waals surface area contributed by atoms with E-state index in [1.807, 2.05) is 0 Å². The summed E-state index contributed by atoms with van der Waals surface area (Å²) in [6, 6.07) is 92.8. The maximum Gasteiger partial charge on any atom is 0.0547 e. The third-order valence-corrected chi connectivity index (χ3v) is 12.8. The van der Waals surface area contributed by atoms with Gasteiger partial charge in [-0.15, -0.1) is 0 Å². The average Bonchev–Trinajstić information content (AvgIpc) is 3.72. The summed E-state index contributed by atoms with van der Waals surface area (Å²) < 4.78 is 2.44. The molecule has 64 heavy (non-hydrogen) atoms. The van der Waals surface area contributed by atoms with Gasteiger partial charge in [0, 0.05) is 33.4 Å². The van der Waals surface area contributed by atoms with Crippen molar-refractivity contribution in [1.29, 1.82) is 0 Å². The Morgan fingerprint density at radius 1 is 0.281 bits per heavy atom. The lowest BCUT2D eigenvalue weighted by Gasteiger charge is -2.29. The zero-order valence-corrected chi connectivity index (χ0v) is 35.1. The van der Waals surface area contributed by atoms with Crippen LogP contribution < -0.4 is 4.90 Å². The van der Waals surface area contributed by atoms with Gasteiger partial charge in [0.2, 0.25) is 0 Å². The molecule has 0 atom stereocenters. The van der Waals surface area contributed by atoms with Crippen LogP contribution in [0.1, 0.15) is 0 Å². The van der Waals surface area contributed by atoms with Gasteiger partial charge in [-0.25, -0.2) is 0 Å². The van der Waals surface area contributed by atoms with Gasteiger partial charge in [-0.2, -0.15) is 0 Å². The molecule has 1 heterocycles. The number of nitrogens with zero attached hydrogens (tertiary/aromatic N) is 2. The van der Waals surface area contributed by atoms with Crippen molar-refractivity contribution < 1.29 is 0 Å². The fourth-order valence-corrected chi connectivity index (χ4v) is 9.86. The highest BCUT2D eigenvalue weighted by Gasteiger charge is 2.21. The number of fused-ring (bicyclic) bond motifs is 6. The van der Waals surface area contributed by atoms with Crippen molar-refractivity contribution in [2.75, 3.05) is 4.90 Å². The van der Waals surface area contributed by atoms with Crippen LogP contribution in [0.2, 0.25) is 0 Å². The first-order valence-corrected chi connectivity index (χ1v) is 22.0. The van der Waals surface area contributed by atoms with Crippen LogP contribution in [-0.4, -0.2) is 4.57 Å². The van der Waals surface area contributed by atoms with E-state index in [4.69, 9.17) is 0 Å². The number of anilines is 3. The van der Waals surface area contributed by atoms with Gasteiger partial charge >= 0.3 is 0 Å². The normalized spacial score (nSPS) is 11.4. The number of hydrogen-bond acceptors (Lipinski definition) is 1. The highest BCUT2D eigenvalue weighted by Crippen LogP contribution is 2.46. The Hall–Kier alpha value is -8.46. The van der Waals surface area contributed by atoms with Gasteiger partial charge in [-0.05, 0) is 115 Å². The minimum atomic E-state index is 1.07. The van der Waals surface area contributed by atoms with Gasteiger partial charge in [0.15, 0.2) is 0 Å². The Morgan fingerprint density at radius 2 is 0.844 bits per heavy atom. The second-order valence-corrected chi connectivity index (χ2v) is 16.5. The summed E-state index contributed by atoms with van der Waals surface area (Å²) in [5.74, 6) is 0. The van der Waals surface area contributed by atoms with E-state index in [2.05, 4.69) is 264 Å². The molecule has 0 fully saturated rings. The molecule has 0 saturated carbocycles. The molecular formula is C62H42N2. The molecule has 2 heteroatoms. The predicted molar refractivity (Wildman–Crippen MR) is 272 cm³/mol. The van der Waals surface area contributed by atoms with Crippen molar-refractivity contribution in [3.05, 3.63) is 255 Å². The molecule has 0 unspecified atom stereocenters. The molecule has 0 N–H and O–H groups in total. The molecule has 12 aromatic rings. The molecule has 0 aliphatic heterocycles. The molecule has 0 aliphatic carbocycles. The lowest BCUT2D eigenvalue weighted by molar-refractivity contribution is 1.18. The quantitative estimate of drug-likeness (QED) is 0.148. The highest BCUT2D eigenvalue weighted by molar-refractivity contribution is 6.21. The molecule has 2 nitrogen and oxygen atoms in total. The molecule has 0 aliphatic rings. The van der Waals surface area contributed by atoms with E-state index in [1.54, 1.807) is 0 Å². The molecule has 0 bridgehead atoms. The molecule has 11 aromatic carbocycles. The Kier molecular flexibility index (Phi) is 9.20. The summed E-state index contributed by atoms with van der Waals surface area (Å²) in [7, 11) is 0. The number of hydrogen-bond donors (Lipinski definition) is 0. The molecule has 0 amide bonds. The lowest BCUT2D eigenvalue weighted by Crippen LogP contribution is -2.11. The first kappa shape index (κ1) is 37.3. The van der Waals surface area contributed by atoms with Gasteiger partial charge in [0.1, 0.15) is 0 Å². The summed E-state index contributed by atoms with van der Waals surface area (Å²) in [5, 5.41) is 7.52. The van der Waals surface area contributed by atoms with Gasteiger partial charge in [-0.1, -0.05) is 200 Å². The SMILES string of the molecule is c1ccc(-c2ccc(N(c3cccc(-c4cccc5ccccc45)c3)c3ccccc3-c3ccccc3)cc2-c2cccc(-n3c4ccccc4c4c5ccccc5ccc43)c2)cc1. The fourth-order valence-electron chi connectivity index (χ4n) is 9.86. The molecule has 12 rings (SSSR count). The lowest BCUT2D eigenvalue weighted by atomic mass is 9.93. The Labute approximate surface area is 373 Å². The van der Waals surface area contributed by atoms with E-state index in [-0.39, 0.29) is 0 Å². The third kappa shape index (κ3) is 6.44. The van der Waals surface area contributed by atoms with Crippen LogP contribution in [0.5, 0.6) is 0 Å². The summed E-state index contributed by atoms with van der Waals surface area (Å²) in [4.78, 5) is 2.44. The maximum absolute atomic E-state index is 2.44. The molecule has 1 aromatic heterocycles. The van der Waals surface area contributed by atoms with E-state index in [0.717, 1.165) is 39.4 Å². The van der Waals surface area contributed by atoms with Gasteiger partial charge < -0.3 is 9.47 Å². The fraction of sp³-hybridized carbons (Fsp3) is 0. The van der Waals surface area contributed by atoms with Gasteiger partial charge in [-0.3, -0.25) is 0 Å². The standard InChI is InChI=1S/C62H42N2/c1-3-18-43(19-4-1)54-38-37-51(42-58(54)48-26-16-28-50(41-48)64-60-35-14-12-32-57(60)62-56-31-10-8-23-46(56)36-39-61(62)64)63(59-34-13-11-30-55(59)45-20-5-2-6-21-45)49-27-15-25-47(40-49)53-33-17-24-44-22-7-9-29-52(44)53/h1-42H. The summed E-state index contributed by atoms with van der Waals surface area (Å²) >= 11 is 0. The minimum Gasteiger partial charge on any atom is -0.310 e. The van der Waals surface area contributed by atoms with Crippen LogP contribution in [0.15, 0.2) is 255 Å². The van der Waals surface area contributed by atoms with Crippen molar-refractivity contribution in [3.8, 4) is 50.2 Å². The second-order valence-electron chi connectivity index (χ2n) is 16.5. The number of para-hydroxylation sites is 2. The van der Waals surface area contributed by atoms with Crippen molar-refractivity contribution in [2.24, 2.45) is 0 Å². The van der Waals surface area contributed by atoms with Crippen LogP contribution in [0, 0.1) is 0 Å². The molecule has 0 radical (unpaired) electrons. The molecule has 0 saturated heterocycles. The molecule has 300 valence electrons. The van der Waals surface area contributed by atoms with Gasteiger partial charge in [0.05, 0.1) is 16.7 Å². The summed E-state index contributed by atoms with van der Waals surface area (Å²) in [6.07, 6.45) is 0. The van der Waals surface area contributed by atoms with E-state index in [0.29, 0.717) is 0 Å². The van der Waals surface area contributed by atoms with Crippen LogP contribution in [0.3, 0.4) is 0 Å². The molecule has 0 spiro atoms. The maximum atomic E-state index is 2.44. The first-order valence-electron chi connectivity index (χ1n) is 22.0. The second kappa shape index (κ2) is 15.8. The van der Waals surface area contributed by atoms with E-state index >= 15 is 0 Å². The van der Waals surface area contributed by atoms with Crippen molar-refractivity contribution in [2.45, 2.75) is 0 Å². The van der Waals surface area contributed by atoms with Crippen LogP contribution in [-0.2, 0) is 0 Å². The highest BCUT2D eigenvalue weighted by atomic mass is 15.1. The van der Waals surface area contributed by atoms with Crippen LogP contribution >= 0.6 is 0 Å². The monoisotopic (exact) mass is 814 g/mol. The predicted octanol–water partition coefficient (Wildman–Crippen LogP) is 17.2. The first-order chi connectivity index (χ1) is 31.8. The third-order valence-electron chi connectivity index (χ3n) is 12.8. The van der Waals surface area contributed by atoms with Gasteiger partial charge in [0.25, 0.3) is 0 Å². The Bertz CT molecular complexity index is 3670. The number of aromatic nitrogens is 1. The Morgan fingerprint density at radius 3 is 1.66 bits per heavy atom. The zero-order valence-electron chi connectivity index (χ0n) is 35.1. The van der Waals surface area contributed by atoms with E-state index in [9.17, 15) is 0 Å².